The van der Waals surface area contributed by atoms with Crippen LogP contribution in [0.2, 0.25) is 5.04 Å². The molecule has 0 aliphatic carbocycles. The summed E-state index contributed by atoms with van der Waals surface area (Å²) < 4.78 is 36.7. The number of nitrogens with zero attached hydrogens (tertiary/aromatic N) is 2. The molecular formula is C38H42BrFN2O3Si. The number of hydrogen-bond donors (Lipinski definition) is 0. The molecule has 0 spiro atoms. The zero-order chi connectivity index (χ0) is 32.1. The maximum atomic E-state index is 14.6. The van der Waals surface area contributed by atoms with Crippen LogP contribution in [0.15, 0.2) is 102 Å². The van der Waals surface area contributed by atoms with Gasteiger partial charge in [-0.05, 0) is 105 Å². The van der Waals surface area contributed by atoms with Crippen LogP contribution in [0.4, 0.5) is 4.39 Å². The van der Waals surface area contributed by atoms with E-state index in [9.17, 15) is 4.39 Å². The first-order valence-electron chi connectivity index (χ1n) is 16.2. The normalized spacial score (nSPS) is 15.7. The number of aromatic nitrogens is 2. The molecule has 1 unspecified atom stereocenters. The van der Waals surface area contributed by atoms with Gasteiger partial charge in [0.25, 0.3) is 0 Å². The number of aryl methyl sites for hydroxylation is 2. The summed E-state index contributed by atoms with van der Waals surface area (Å²) in [5.41, 5.74) is 2.19. The predicted molar refractivity (Wildman–Crippen MR) is 189 cm³/mol. The third kappa shape index (κ3) is 7.15. The van der Waals surface area contributed by atoms with E-state index in [2.05, 4.69) is 109 Å². The molecule has 46 heavy (non-hydrogen) atoms. The van der Waals surface area contributed by atoms with E-state index in [0.717, 1.165) is 71.1 Å². The summed E-state index contributed by atoms with van der Waals surface area (Å²) in [4.78, 5) is 0. The average molecular weight is 702 g/mol. The van der Waals surface area contributed by atoms with Crippen LogP contribution in [0.3, 0.4) is 0 Å². The molecule has 6 rings (SSSR count). The molecule has 1 aliphatic heterocycles. The summed E-state index contributed by atoms with van der Waals surface area (Å²) >= 11 is 3.57. The lowest BCUT2D eigenvalue weighted by atomic mass is 10.0. The quantitative estimate of drug-likeness (QED) is 0.130. The second kappa shape index (κ2) is 14.2. The lowest BCUT2D eigenvalue weighted by Crippen LogP contribution is -2.68. The van der Waals surface area contributed by atoms with E-state index in [1.165, 1.54) is 16.4 Å². The van der Waals surface area contributed by atoms with Crippen molar-refractivity contribution < 1.29 is 18.3 Å². The Labute approximate surface area is 281 Å². The predicted octanol–water partition coefficient (Wildman–Crippen LogP) is 8.21. The third-order valence-corrected chi connectivity index (χ3v) is 14.2. The molecule has 1 atom stereocenters. The van der Waals surface area contributed by atoms with E-state index in [1.54, 1.807) is 6.07 Å². The highest BCUT2D eigenvalue weighted by Gasteiger charge is 2.52. The lowest BCUT2D eigenvalue weighted by Gasteiger charge is -2.43. The van der Waals surface area contributed by atoms with E-state index in [-0.39, 0.29) is 17.1 Å². The molecule has 8 heteroatoms. The molecule has 0 saturated carbocycles. The van der Waals surface area contributed by atoms with Gasteiger partial charge < -0.3 is 13.9 Å². The monoisotopic (exact) mass is 700 g/mol. The summed E-state index contributed by atoms with van der Waals surface area (Å²) in [5, 5.41) is 8.61. The van der Waals surface area contributed by atoms with Gasteiger partial charge in [-0.3, -0.25) is 4.68 Å². The first-order valence-corrected chi connectivity index (χ1v) is 18.9. The Morgan fingerprint density at radius 3 is 2.28 bits per heavy atom. The van der Waals surface area contributed by atoms with Crippen molar-refractivity contribution in [2.75, 3.05) is 13.2 Å². The van der Waals surface area contributed by atoms with Crippen molar-refractivity contribution in [1.29, 1.82) is 0 Å². The third-order valence-electron chi connectivity index (χ3n) is 8.86. The first kappa shape index (κ1) is 32.6. The Kier molecular flexibility index (Phi) is 10.1. The lowest BCUT2D eigenvalue weighted by molar-refractivity contribution is -0.163. The molecule has 0 N–H and O–H groups in total. The molecule has 0 radical (unpaired) electrons. The number of ether oxygens (including phenoxy) is 2. The van der Waals surface area contributed by atoms with Crippen molar-refractivity contribution in [3.05, 3.63) is 119 Å². The van der Waals surface area contributed by atoms with E-state index in [4.69, 9.17) is 13.9 Å². The Balaban J connectivity index is 1.33. The fourth-order valence-corrected chi connectivity index (χ4v) is 11.5. The smallest absolute Gasteiger partial charge is 0.319 e. The minimum absolute atomic E-state index is 0.122. The van der Waals surface area contributed by atoms with Crippen LogP contribution in [-0.4, -0.2) is 37.6 Å². The average Bonchev–Trinajstić information content (AvgIpc) is 3.41. The fraction of sp³-hybridized carbons (Fsp3) is 0.342. The SMILES string of the molecule is CC(C)(C)[Si](Oc1cc(CCc2cc(Br)nn2CCOC2CCCCO2)cc2cc(F)ccc12)(c1ccccc1)c1ccccc1. The standard InChI is InChI=1S/C38H42BrFN2O3Si/c1-38(2,3)46(32-12-6-4-7-13-32,33-14-8-5-9-15-33)45-35-25-28(24-29-26-30(40)18-20-34(29)35)17-19-31-27-36(39)41-42(31)21-23-44-37-16-10-11-22-43-37/h4-9,12-15,18,20,24-27,37H,10-11,16-17,19,21-23H2,1-3H3. The van der Waals surface area contributed by atoms with Crippen LogP contribution in [-0.2, 0) is 28.9 Å². The maximum absolute atomic E-state index is 14.6. The molecular weight excluding hydrogens is 659 g/mol. The molecule has 1 aliphatic rings. The van der Waals surface area contributed by atoms with Gasteiger partial charge in [-0.1, -0.05) is 87.5 Å². The summed E-state index contributed by atoms with van der Waals surface area (Å²) in [5.74, 6) is 0.530. The van der Waals surface area contributed by atoms with Crippen LogP contribution in [0.1, 0.15) is 51.3 Å². The van der Waals surface area contributed by atoms with Crippen LogP contribution in [0.5, 0.6) is 5.75 Å². The van der Waals surface area contributed by atoms with Gasteiger partial charge in [0.1, 0.15) is 16.2 Å². The van der Waals surface area contributed by atoms with Crippen molar-refractivity contribution in [2.24, 2.45) is 0 Å². The van der Waals surface area contributed by atoms with Gasteiger partial charge in [-0.25, -0.2) is 4.39 Å². The maximum Gasteiger partial charge on any atom is 0.319 e. The second-order valence-electron chi connectivity index (χ2n) is 13.1. The Morgan fingerprint density at radius 1 is 0.913 bits per heavy atom. The fourth-order valence-electron chi connectivity index (χ4n) is 6.61. The van der Waals surface area contributed by atoms with E-state index >= 15 is 0 Å². The highest BCUT2D eigenvalue weighted by Crippen LogP contribution is 2.40. The zero-order valence-corrected chi connectivity index (χ0v) is 29.4. The summed E-state index contributed by atoms with van der Waals surface area (Å²) in [6, 6.07) is 32.6. The molecule has 2 heterocycles. The minimum Gasteiger partial charge on any atom is -0.534 e. The van der Waals surface area contributed by atoms with Crippen molar-refractivity contribution >= 4 is 45.4 Å². The van der Waals surface area contributed by atoms with E-state index < -0.39 is 8.32 Å². The van der Waals surface area contributed by atoms with Gasteiger partial charge >= 0.3 is 8.32 Å². The minimum atomic E-state index is -2.90. The Morgan fingerprint density at radius 2 is 1.63 bits per heavy atom. The van der Waals surface area contributed by atoms with Gasteiger partial charge in [0.2, 0.25) is 0 Å². The largest absolute Gasteiger partial charge is 0.534 e. The number of hydrogen-bond acceptors (Lipinski definition) is 4. The molecule has 1 aromatic heterocycles. The van der Waals surface area contributed by atoms with Crippen molar-refractivity contribution in [2.45, 2.75) is 70.7 Å². The van der Waals surface area contributed by atoms with Crippen LogP contribution in [0, 0.1) is 5.82 Å². The molecule has 1 saturated heterocycles. The molecule has 0 amide bonds. The molecule has 4 aromatic carbocycles. The van der Waals surface area contributed by atoms with Crippen LogP contribution in [0.25, 0.3) is 10.8 Å². The van der Waals surface area contributed by atoms with Crippen LogP contribution < -0.4 is 14.8 Å². The van der Waals surface area contributed by atoms with E-state index in [1.807, 2.05) is 22.9 Å². The summed E-state index contributed by atoms with van der Waals surface area (Å²) in [6.07, 6.45) is 4.56. The number of fused-ring (bicyclic) bond motifs is 1. The summed E-state index contributed by atoms with van der Waals surface area (Å²) in [6.45, 7) is 8.76. The van der Waals surface area contributed by atoms with Gasteiger partial charge in [0, 0.05) is 17.7 Å². The highest BCUT2D eigenvalue weighted by atomic mass is 79.9. The Bertz CT molecular complexity index is 1710. The van der Waals surface area contributed by atoms with Gasteiger partial charge in [-0.15, -0.1) is 0 Å². The van der Waals surface area contributed by atoms with Gasteiger partial charge in [-0.2, -0.15) is 5.10 Å². The first-order chi connectivity index (χ1) is 22.2. The van der Waals surface area contributed by atoms with Crippen molar-refractivity contribution in [3.63, 3.8) is 0 Å². The van der Waals surface area contributed by atoms with Crippen LogP contribution >= 0.6 is 15.9 Å². The van der Waals surface area contributed by atoms with E-state index in [0.29, 0.717) is 13.2 Å². The molecule has 5 nitrogen and oxygen atoms in total. The Hall–Kier alpha value is -3.30. The zero-order valence-electron chi connectivity index (χ0n) is 26.8. The molecule has 240 valence electrons. The second-order valence-corrected chi connectivity index (χ2v) is 18.1. The molecule has 1 fully saturated rings. The van der Waals surface area contributed by atoms with Crippen molar-refractivity contribution in [3.8, 4) is 5.75 Å². The number of halogens is 2. The van der Waals surface area contributed by atoms with Gasteiger partial charge in [0.05, 0.1) is 13.2 Å². The molecule has 0 bridgehead atoms. The summed E-state index contributed by atoms with van der Waals surface area (Å²) in [7, 11) is -2.90. The topological polar surface area (TPSA) is 45.5 Å². The highest BCUT2D eigenvalue weighted by molar-refractivity contribution is 9.10. The van der Waals surface area contributed by atoms with Crippen molar-refractivity contribution in [1.82, 2.24) is 9.78 Å². The van der Waals surface area contributed by atoms with Gasteiger partial charge in [0.15, 0.2) is 6.29 Å². The number of rotatable bonds is 11. The number of benzene rings is 4. The molecule has 5 aromatic rings.